The average molecular weight is 383 g/mol. The van der Waals surface area contributed by atoms with E-state index in [0.29, 0.717) is 5.92 Å². The molecule has 0 bridgehead atoms. The van der Waals surface area contributed by atoms with E-state index in [2.05, 4.69) is 27.3 Å². The average Bonchev–Trinajstić information content (AvgIpc) is 3.51. The summed E-state index contributed by atoms with van der Waals surface area (Å²) in [6, 6.07) is 8.24. The van der Waals surface area contributed by atoms with Gasteiger partial charge in [-0.15, -0.1) is 0 Å². The van der Waals surface area contributed by atoms with Crippen LogP contribution < -0.4 is 10.2 Å². The second-order valence-corrected chi connectivity index (χ2v) is 8.69. The molecule has 4 rings (SSSR count). The normalized spacial score (nSPS) is 18.0. The zero-order chi connectivity index (χ0) is 19.9. The Balaban J connectivity index is 1.59. The van der Waals surface area contributed by atoms with Gasteiger partial charge in [0.1, 0.15) is 17.5 Å². The molecule has 6 nitrogen and oxygen atoms in total. The van der Waals surface area contributed by atoms with Crippen LogP contribution in [0.5, 0.6) is 0 Å². The molecule has 0 amide bonds. The van der Waals surface area contributed by atoms with Crippen molar-refractivity contribution in [3.05, 3.63) is 46.8 Å². The summed E-state index contributed by atoms with van der Waals surface area (Å²) >= 11 is 0. The Morgan fingerprint density at radius 1 is 1.21 bits per heavy atom. The lowest BCUT2D eigenvalue weighted by Gasteiger charge is -2.31. The maximum absolute atomic E-state index is 10.3. The molecule has 1 aliphatic carbocycles. The quantitative estimate of drug-likeness (QED) is 0.713. The molecule has 1 aliphatic heterocycles. The molecule has 0 radical (unpaired) electrons. The van der Waals surface area contributed by atoms with E-state index in [1.165, 1.54) is 11.1 Å². The SMILES string of the molecule is C[C@H](CO)Nc1cc(N2CCc3cc(C(C)(C)O)ccc3C2)nc(C2CC2)n1. The van der Waals surface area contributed by atoms with Crippen LogP contribution >= 0.6 is 0 Å². The van der Waals surface area contributed by atoms with E-state index in [1.54, 1.807) is 0 Å². The fourth-order valence-electron chi connectivity index (χ4n) is 3.64. The van der Waals surface area contributed by atoms with Crippen molar-refractivity contribution in [1.82, 2.24) is 9.97 Å². The largest absolute Gasteiger partial charge is 0.394 e. The Morgan fingerprint density at radius 3 is 2.68 bits per heavy atom. The molecule has 1 saturated carbocycles. The number of aliphatic hydroxyl groups is 2. The summed E-state index contributed by atoms with van der Waals surface area (Å²) in [5, 5.41) is 22.9. The number of anilines is 2. The van der Waals surface area contributed by atoms with E-state index in [1.807, 2.05) is 32.9 Å². The van der Waals surface area contributed by atoms with Crippen LogP contribution in [-0.4, -0.2) is 39.4 Å². The maximum Gasteiger partial charge on any atom is 0.136 e. The molecule has 6 heteroatoms. The van der Waals surface area contributed by atoms with Crippen molar-refractivity contribution in [2.24, 2.45) is 0 Å². The standard InChI is InChI=1S/C22H30N4O2/c1-14(13-27)23-19-11-20(25-21(24-19)15-4-5-15)26-9-8-16-10-18(22(2,3)28)7-6-17(16)12-26/h6-7,10-11,14-15,27-28H,4-5,8-9,12-13H2,1-3H3,(H,23,24,25)/t14-/m1/s1. The monoisotopic (exact) mass is 382 g/mol. The lowest BCUT2D eigenvalue weighted by molar-refractivity contribution is 0.0785. The molecule has 0 unspecified atom stereocenters. The van der Waals surface area contributed by atoms with Crippen molar-refractivity contribution in [3.8, 4) is 0 Å². The highest BCUT2D eigenvalue weighted by Crippen LogP contribution is 2.39. The molecule has 2 aromatic rings. The number of nitrogens with zero attached hydrogens (tertiary/aromatic N) is 3. The third kappa shape index (κ3) is 4.13. The van der Waals surface area contributed by atoms with Gasteiger partial charge in [0.2, 0.25) is 0 Å². The van der Waals surface area contributed by atoms with E-state index in [-0.39, 0.29) is 12.6 Å². The molecule has 1 aromatic carbocycles. The van der Waals surface area contributed by atoms with Crippen LogP contribution in [0, 0.1) is 0 Å². The van der Waals surface area contributed by atoms with Gasteiger partial charge in [0.15, 0.2) is 0 Å². The van der Waals surface area contributed by atoms with E-state index in [4.69, 9.17) is 4.98 Å². The van der Waals surface area contributed by atoms with Gasteiger partial charge in [0, 0.05) is 31.1 Å². The zero-order valence-electron chi connectivity index (χ0n) is 16.9. The van der Waals surface area contributed by atoms with Crippen molar-refractivity contribution in [2.75, 3.05) is 23.4 Å². The summed E-state index contributed by atoms with van der Waals surface area (Å²) in [5.41, 5.74) is 2.73. The summed E-state index contributed by atoms with van der Waals surface area (Å²) < 4.78 is 0. The Kier molecular flexibility index (Phi) is 5.02. The second-order valence-electron chi connectivity index (χ2n) is 8.69. The van der Waals surface area contributed by atoms with Gasteiger partial charge in [-0.05, 0) is 56.7 Å². The number of benzene rings is 1. The van der Waals surface area contributed by atoms with Crippen molar-refractivity contribution in [3.63, 3.8) is 0 Å². The number of hydrogen-bond donors (Lipinski definition) is 3. The highest BCUT2D eigenvalue weighted by molar-refractivity contribution is 5.52. The maximum atomic E-state index is 10.3. The highest BCUT2D eigenvalue weighted by Gasteiger charge is 2.29. The second kappa shape index (κ2) is 7.33. The molecular weight excluding hydrogens is 352 g/mol. The number of aliphatic hydroxyl groups excluding tert-OH is 1. The van der Waals surface area contributed by atoms with Gasteiger partial charge in [0.25, 0.3) is 0 Å². The molecule has 2 aliphatic rings. The summed E-state index contributed by atoms with van der Waals surface area (Å²) in [4.78, 5) is 11.8. The zero-order valence-corrected chi connectivity index (χ0v) is 16.9. The van der Waals surface area contributed by atoms with Gasteiger partial charge in [-0.1, -0.05) is 18.2 Å². The van der Waals surface area contributed by atoms with Gasteiger partial charge < -0.3 is 20.4 Å². The molecule has 0 spiro atoms. The Labute approximate surface area is 166 Å². The van der Waals surface area contributed by atoms with Crippen LogP contribution in [0.3, 0.4) is 0 Å². The van der Waals surface area contributed by atoms with Crippen LogP contribution in [0.25, 0.3) is 0 Å². The van der Waals surface area contributed by atoms with Gasteiger partial charge in [-0.2, -0.15) is 0 Å². The summed E-state index contributed by atoms with van der Waals surface area (Å²) in [6.07, 6.45) is 3.24. The Bertz CT molecular complexity index is 858. The van der Waals surface area contributed by atoms with Gasteiger partial charge in [-0.25, -0.2) is 9.97 Å². The van der Waals surface area contributed by atoms with Gasteiger partial charge in [-0.3, -0.25) is 0 Å². The minimum Gasteiger partial charge on any atom is -0.394 e. The summed E-state index contributed by atoms with van der Waals surface area (Å²) in [6.45, 7) is 7.35. The molecule has 150 valence electrons. The number of aromatic nitrogens is 2. The van der Waals surface area contributed by atoms with E-state index in [0.717, 1.165) is 55.4 Å². The number of rotatable bonds is 6. The van der Waals surface area contributed by atoms with Crippen LogP contribution in [0.1, 0.15) is 62.0 Å². The Hall–Kier alpha value is -2.18. The topological polar surface area (TPSA) is 81.5 Å². The molecule has 2 heterocycles. The van der Waals surface area contributed by atoms with E-state index >= 15 is 0 Å². The first-order valence-electron chi connectivity index (χ1n) is 10.2. The van der Waals surface area contributed by atoms with Gasteiger partial charge in [0.05, 0.1) is 12.2 Å². The van der Waals surface area contributed by atoms with E-state index in [9.17, 15) is 10.2 Å². The summed E-state index contributed by atoms with van der Waals surface area (Å²) in [5.74, 6) is 3.11. The molecule has 1 atom stereocenters. The molecular formula is C22H30N4O2. The minimum absolute atomic E-state index is 0.0443. The van der Waals surface area contributed by atoms with Crippen molar-refractivity contribution in [1.29, 1.82) is 0 Å². The predicted molar refractivity (Wildman–Crippen MR) is 111 cm³/mol. The third-order valence-corrected chi connectivity index (χ3v) is 5.59. The van der Waals surface area contributed by atoms with Crippen molar-refractivity contribution >= 4 is 11.6 Å². The van der Waals surface area contributed by atoms with Crippen LogP contribution in [0.15, 0.2) is 24.3 Å². The summed E-state index contributed by atoms with van der Waals surface area (Å²) in [7, 11) is 0. The molecule has 0 saturated heterocycles. The van der Waals surface area contributed by atoms with E-state index < -0.39 is 5.60 Å². The van der Waals surface area contributed by atoms with Crippen LogP contribution in [0.2, 0.25) is 0 Å². The molecule has 28 heavy (non-hydrogen) atoms. The van der Waals surface area contributed by atoms with Crippen molar-refractivity contribution < 1.29 is 10.2 Å². The van der Waals surface area contributed by atoms with Crippen LogP contribution in [0.4, 0.5) is 11.6 Å². The lowest BCUT2D eigenvalue weighted by atomic mass is 9.91. The fraction of sp³-hybridized carbons (Fsp3) is 0.545. The Morgan fingerprint density at radius 2 is 2.00 bits per heavy atom. The molecule has 1 aromatic heterocycles. The smallest absolute Gasteiger partial charge is 0.136 e. The first-order valence-corrected chi connectivity index (χ1v) is 10.2. The predicted octanol–water partition coefficient (Wildman–Crippen LogP) is 2.94. The first-order chi connectivity index (χ1) is 13.3. The van der Waals surface area contributed by atoms with Crippen molar-refractivity contribution in [2.45, 2.75) is 64.1 Å². The highest BCUT2D eigenvalue weighted by atomic mass is 16.3. The fourth-order valence-corrected chi connectivity index (χ4v) is 3.64. The minimum atomic E-state index is -0.818. The van der Waals surface area contributed by atoms with Gasteiger partial charge >= 0.3 is 0 Å². The molecule has 1 fully saturated rings. The number of fused-ring (bicyclic) bond motifs is 1. The first kappa shape index (κ1) is 19.2. The number of nitrogens with one attached hydrogen (secondary N) is 1. The molecule has 3 N–H and O–H groups in total. The lowest BCUT2D eigenvalue weighted by Crippen LogP contribution is -2.32. The number of hydrogen-bond acceptors (Lipinski definition) is 6. The third-order valence-electron chi connectivity index (χ3n) is 5.59. The van der Waals surface area contributed by atoms with Crippen LogP contribution in [-0.2, 0) is 18.6 Å².